The van der Waals surface area contributed by atoms with Gasteiger partial charge in [-0.05, 0) is 98.6 Å². The van der Waals surface area contributed by atoms with Gasteiger partial charge in [-0.2, -0.15) is 12.6 Å². The number of hydrogen-bond acceptors (Lipinski definition) is 5. The normalized spacial score (nSPS) is 11.6. The molecule has 254 valence electrons. The summed E-state index contributed by atoms with van der Waals surface area (Å²) in [6, 6.07) is 22.9. The first-order chi connectivity index (χ1) is 22.8. The molecule has 47 heavy (non-hydrogen) atoms. The molecule has 1 amide bonds. The number of unbranched alkanes of at least 4 members (excludes halogenated alkanes) is 4. The lowest BCUT2D eigenvalue weighted by Crippen LogP contribution is -2.25. The van der Waals surface area contributed by atoms with Gasteiger partial charge in [0.05, 0.1) is 5.69 Å². The van der Waals surface area contributed by atoms with Gasteiger partial charge >= 0.3 is 0 Å². The molecule has 0 aliphatic carbocycles. The minimum absolute atomic E-state index is 0.0315. The first-order valence-electron chi connectivity index (χ1n) is 17.3. The fourth-order valence-electron chi connectivity index (χ4n) is 5.29. The maximum absolute atomic E-state index is 12.9. The smallest absolute Gasteiger partial charge is 0.255 e. The van der Waals surface area contributed by atoms with Gasteiger partial charge in [0.25, 0.3) is 5.91 Å². The molecule has 0 fully saturated rings. The van der Waals surface area contributed by atoms with Crippen molar-refractivity contribution in [1.29, 1.82) is 0 Å². The van der Waals surface area contributed by atoms with Gasteiger partial charge in [0.2, 0.25) is 0 Å². The lowest BCUT2D eigenvalue weighted by atomic mass is 9.98. The van der Waals surface area contributed by atoms with Gasteiger partial charge < -0.3 is 20.6 Å². The highest BCUT2D eigenvalue weighted by atomic mass is 32.1. The van der Waals surface area contributed by atoms with Crippen molar-refractivity contribution in [3.63, 3.8) is 0 Å². The number of hydrogen-bond donors (Lipinski definition) is 4. The van der Waals surface area contributed by atoms with Crippen LogP contribution in [0, 0.1) is 0 Å². The fourth-order valence-corrected chi connectivity index (χ4v) is 5.44. The van der Waals surface area contributed by atoms with E-state index in [1.807, 2.05) is 61.5 Å². The lowest BCUT2D eigenvalue weighted by Gasteiger charge is -2.18. The maximum atomic E-state index is 12.9. The molecule has 3 rings (SSSR count). The Bertz CT molecular complexity index is 1430. The number of anilines is 1. The van der Waals surface area contributed by atoms with E-state index in [1.54, 1.807) is 23.6 Å². The summed E-state index contributed by atoms with van der Waals surface area (Å²) in [5, 5.41) is 18.5. The van der Waals surface area contributed by atoms with E-state index in [1.165, 1.54) is 51.4 Å². The van der Waals surface area contributed by atoms with E-state index in [0.29, 0.717) is 16.9 Å². The summed E-state index contributed by atoms with van der Waals surface area (Å²) in [6.07, 6.45) is 11.4. The number of carbonyl (C=O) groups excluding carboxylic acids is 1. The van der Waals surface area contributed by atoms with E-state index in [2.05, 4.69) is 62.4 Å². The molecule has 0 aliphatic rings. The Balaban J connectivity index is 0.000000597. The quantitative estimate of drug-likeness (QED) is 0.0477. The van der Waals surface area contributed by atoms with Crippen molar-refractivity contribution in [2.45, 2.75) is 86.0 Å². The van der Waals surface area contributed by atoms with Crippen LogP contribution in [0.4, 0.5) is 5.69 Å². The second-order valence-electron chi connectivity index (χ2n) is 11.8. The third-order valence-electron chi connectivity index (χ3n) is 8.05. The van der Waals surface area contributed by atoms with Gasteiger partial charge in [0, 0.05) is 22.5 Å². The summed E-state index contributed by atoms with van der Waals surface area (Å²) >= 11 is 4.17. The summed E-state index contributed by atoms with van der Waals surface area (Å²) < 4.78 is 0. The standard InChI is InChI=1S/C31H34N2O2S.C10H23N/c1-4-5-7-12-22(2)28(19-20-36)33-31(35)25-17-18-29(30(34)21-25)32-23(3)26-15-10-11-16-27(26)24-13-8-6-9-14-24;1-4-7-8-10-11(6-3)9-5-2/h6,8-11,13-21,32,34,36H,3-5,7,12H2,1-2H3,(H,33,35);4-10H2,1-3H3/b20-19-,28-22-;. The molecule has 3 aromatic carbocycles. The van der Waals surface area contributed by atoms with Crippen molar-refractivity contribution in [1.82, 2.24) is 10.2 Å². The Morgan fingerprint density at radius 3 is 2.19 bits per heavy atom. The van der Waals surface area contributed by atoms with E-state index < -0.39 is 0 Å². The number of amides is 1. The van der Waals surface area contributed by atoms with Gasteiger partial charge in [0.15, 0.2) is 0 Å². The van der Waals surface area contributed by atoms with Crippen LogP contribution >= 0.6 is 12.6 Å². The van der Waals surface area contributed by atoms with E-state index >= 15 is 0 Å². The van der Waals surface area contributed by atoms with Crippen molar-refractivity contribution in [3.8, 4) is 16.9 Å². The van der Waals surface area contributed by atoms with Crippen LogP contribution < -0.4 is 10.6 Å². The van der Waals surface area contributed by atoms with Gasteiger partial charge in [-0.1, -0.05) is 115 Å². The highest BCUT2D eigenvalue weighted by Gasteiger charge is 2.14. The highest BCUT2D eigenvalue weighted by Crippen LogP contribution is 2.32. The number of phenolic OH excluding ortho intramolecular Hbond substituents is 1. The number of phenols is 1. The minimum atomic E-state index is -0.290. The molecule has 0 saturated heterocycles. The molecule has 0 aliphatic heterocycles. The summed E-state index contributed by atoms with van der Waals surface area (Å²) in [5.74, 6) is -0.322. The molecule has 6 heteroatoms. The number of carbonyl (C=O) groups is 1. The van der Waals surface area contributed by atoms with Crippen molar-refractivity contribution < 1.29 is 9.90 Å². The lowest BCUT2D eigenvalue weighted by molar-refractivity contribution is 0.0966. The summed E-state index contributed by atoms with van der Waals surface area (Å²) in [7, 11) is 0. The number of thiol groups is 1. The number of nitrogens with one attached hydrogen (secondary N) is 2. The third kappa shape index (κ3) is 13.9. The molecule has 0 heterocycles. The monoisotopic (exact) mass is 655 g/mol. The Morgan fingerprint density at radius 2 is 1.55 bits per heavy atom. The van der Waals surface area contributed by atoms with Crippen LogP contribution in [0.25, 0.3) is 16.8 Å². The SMILES string of the molecule is C=C(Nc1ccc(C(=O)NC(/C=C\S)=C(/C)CCCCC)cc1O)c1ccccc1-c1ccccc1.CCCCCN(CC)CCC. The zero-order valence-electron chi connectivity index (χ0n) is 29.3. The second kappa shape index (κ2) is 22.7. The Labute approximate surface area is 290 Å². The van der Waals surface area contributed by atoms with E-state index in [4.69, 9.17) is 0 Å². The average Bonchev–Trinajstić information content (AvgIpc) is 3.09. The van der Waals surface area contributed by atoms with Gasteiger partial charge in [-0.25, -0.2) is 0 Å². The summed E-state index contributed by atoms with van der Waals surface area (Å²) in [5.41, 5.74) is 6.36. The first-order valence-corrected chi connectivity index (χ1v) is 17.8. The van der Waals surface area contributed by atoms with E-state index in [9.17, 15) is 9.90 Å². The van der Waals surface area contributed by atoms with Gasteiger partial charge in [-0.15, -0.1) is 0 Å². The zero-order valence-corrected chi connectivity index (χ0v) is 30.2. The largest absolute Gasteiger partial charge is 0.506 e. The summed E-state index contributed by atoms with van der Waals surface area (Å²) in [6.45, 7) is 18.9. The van der Waals surface area contributed by atoms with Gasteiger partial charge in [-0.3, -0.25) is 4.79 Å². The number of benzene rings is 3. The average molecular weight is 656 g/mol. The molecule has 0 aromatic heterocycles. The molecule has 0 saturated carbocycles. The molecule has 0 bridgehead atoms. The number of rotatable bonds is 18. The number of aromatic hydroxyl groups is 1. The Morgan fingerprint density at radius 1 is 0.872 bits per heavy atom. The van der Waals surface area contributed by atoms with Crippen molar-refractivity contribution in [2.24, 2.45) is 0 Å². The predicted molar refractivity (Wildman–Crippen MR) is 207 cm³/mol. The van der Waals surface area contributed by atoms with Crippen LogP contribution in [0.5, 0.6) is 5.75 Å². The van der Waals surface area contributed by atoms with Crippen LogP contribution in [0.2, 0.25) is 0 Å². The van der Waals surface area contributed by atoms with Crippen LogP contribution in [0.1, 0.15) is 102 Å². The molecule has 3 aromatic rings. The Kier molecular flexibility index (Phi) is 19.1. The maximum Gasteiger partial charge on any atom is 0.255 e. The molecule has 5 nitrogen and oxygen atoms in total. The fraction of sp³-hybridized carbons (Fsp3) is 0.390. The van der Waals surface area contributed by atoms with Crippen LogP contribution in [0.3, 0.4) is 0 Å². The molecule has 0 radical (unpaired) electrons. The van der Waals surface area contributed by atoms with Gasteiger partial charge in [0.1, 0.15) is 5.75 Å². The summed E-state index contributed by atoms with van der Waals surface area (Å²) in [4.78, 5) is 15.5. The van der Waals surface area contributed by atoms with Crippen LogP contribution in [-0.4, -0.2) is 35.5 Å². The third-order valence-corrected chi connectivity index (χ3v) is 8.20. The van der Waals surface area contributed by atoms with Crippen molar-refractivity contribution in [2.75, 3.05) is 25.0 Å². The Hall–Kier alpha value is -3.74. The van der Waals surface area contributed by atoms with E-state index in [0.717, 1.165) is 53.6 Å². The van der Waals surface area contributed by atoms with Crippen molar-refractivity contribution in [3.05, 3.63) is 113 Å². The van der Waals surface area contributed by atoms with Crippen LogP contribution in [0.15, 0.2) is 102 Å². The number of nitrogens with zero attached hydrogens (tertiary/aromatic N) is 1. The molecular weight excluding hydrogens is 599 g/mol. The molecule has 0 spiro atoms. The molecular formula is C41H57N3O2S. The molecule has 0 unspecified atom stereocenters. The van der Waals surface area contributed by atoms with Crippen molar-refractivity contribution >= 4 is 29.9 Å². The molecule has 3 N–H and O–H groups in total. The topological polar surface area (TPSA) is 64.6 Å². The first kappa shape index (κ1) is 39.4. The minimum Gasteiger partial charge on any atom is -0.506 e. The van der Waals surface area contributed by atoms with E-state index in [-0.39, 0.29) is 11.7 Å². The molecule has 0 atom stereocenters. The highest BCUT2D eigenvalue weighted by molar-refractivity contribution is 7.83. The van der Waals surface area contributed by atoms with Crippen LogP contribution in [-0.2, 0) is 0 Å². The predicted octanol–water partition coefficient (Wildman–Crippen LogP) is 11.1. The zero-order chi connectivity index (χ0) is 34.4. The second-order valence-corrected chi connectivity index (χ2v) is 12.1. The number of allylic oxidation sites excluding steroid dienone is 2.